The van der Waals surface area contributed by atoms with Gasteiger partial charge in [0.25, 0.3) is 5.56 Å². The van der Waals surface area contributed by atoms with Gasteiger partial charge >= 0.3 is 5.69 Å². The van der Waals surface area contributed by atoms with E-state index in [9.17, 15) is 14.4 Å². The lowest BCUT2D eigenvalue weighted by molar-refractivity contribution is -0.135. The molecule has 164 valence electrons. The van der Waals surface area contributed by atoms with Crippen molar-refractivity contribution in [2.24, 2.45) is 5.41 Å². The smallest absolute Gasteiger partial charge is 0.328 e. The number of carbonyl (C=O) groups is 1. The SMILES string of the molecule is C[C@@]12C[C@H]3[C@@H](Cc4ccccc4)N[C@@H]1CCCC[C@@H]2N3C(=O)Cn1ccc(=O)[nH]c1=O. The van der Waals surface area contributed by atoms with E-state index >= 15 is 0 Å². The largest absolute Gasteiger partial charge is 0.333 e. The highest BCUT2D eigenvalue weighted by Crippen LogP contribution is 2.52. The molecular weight excluding hydrogens is 392 g/mol. The Morgan fingerprint density at radius 3 is 2.68 bits per heavy atom. The van der Waals surface area contributed by atoms with E-state index in [0.29, 0.717) is 6.04 Å². The van der Waals surface area contributed by atoms with E-state index in [4.69, 9.17) is 0 Å². The topological polar surface area (TPSA) is 87.2 Å². The van der Waals surface area contributed by atoms with Crippen molar-refractivity contribution in [2.45, 2.75) is 76.2 Å². The number of hydrogen-bond acceptors (Lipinski definition) is 4. The average molecular weight is 423 g/mol. The third kappa shape index (κ3) is 3.55. The van der Waals surface area contributed by atoms with E-state index < -0.39 is 11.2 Å². The number of H-pyrrole nitrogens is 1. The van der Waals surface area contributed by atoms with Crippen LogP contribution >= 0.6 is 0 Å². The van der Waals surface area contributed by atoms with Crippen molar-refractivity contribution in [3.8, 4) is 0 Å². The van der Waals surface area contributed by atoms with Crippen molar-refractivity contribution >= 4 is 5.91 Å². The zero-order valence-corrected chi connectivity index (χ0v) is 17.9. The minimum atomic E-state index is -0.535. The lowest BCUT2D eigenvalue weighted by Crippen LogP contribution is -2.57. The zero-order valence-electron chi connectivity index (χ0n) is 17.9. The van der Waals surface area contributed by atoms with Gasteiger partial charge in [-0.25, -0.2) is 4.79 Å². The second kappa shape index (κ2) is 7.79. The van der Waals surface area contributed by atoms with Gasteiger partial charge in [-0.15, -0.1) is 0 Å². The summed E-state index contributed by atoms with van der Waals surface area (Å²) in [6.45, 7) is 2.30. The number of fused-ring (bicyclic) bond motifs is 1. The van der Waals surface area contributed by atoms with Gasteiger partial charge in [0.05, 0.1) is 0 Å². The molecule has 1 aromatic heterocycles. The molecule has 2 bridgehead atoms. The zero-order chi connectivity index (χ0) is 21.6. The van der Waals surface area contributed by atoms with Crippen LogP contribution in [0.15, 0.2) is 52.2 Å². The molecule has 3 aliphatic rings. The molecule has 2 saturated heterocycles. The molecule has 3 fully saturated rings. The summed E-state index contributed by atoms with van der Waals surface area (Å²) < 4.78 is 1.31. The van der Waals surface area contributed by atoms with Crippen molar-refractivity contribution < 1.29 is 4.79 Å². The second-order valence-corrected chi connectivity index (χ2v) is 9.63. The number of aromatic amines is 1. The second-order valence-electron chi connectivity index (χ2n) is 9.63. The first-order chi connectivity index (χ1) is 15.0. The van der Waals surface area contributed by atoms with Gasteiger partial charge in [-0.2, -0.15) is 0 Å². The molecule has 7 nitrogen and oxygen atoms in total. The number of benzene rings is 1. The standard InChI is InChI=1S/C24H30N4O3/c1-24-14-18-17(13-16-7-3-2-4-8-16)25-19(24)9-5-6-10-20(24)28(18)22(30)15-27-12-11-21(29)26-23(27)31/h2-4,7-8,11-12,17-20,25H,5-6,9-10,13-15H2,1H3,(H,26,29,31)/t17-,18+,19-,20+,24-/m1/s1. The fourth-order valence-electron chi connectivity index (χ4n) is 6.29. The van der Waals surface area contributed by atoms with E-state index in [1.165, 1.54) is 28.8 Å². The number of nitrogens with one attached hydrogen (secondary N) is 2. The Kier molecular flexibility index (Phi) is 5.08. The van der Waals surface area contributed by atoms with Gasteiger partial charge in [-0.1, -0.05) is 50.1 Å². The van der Waals surface area contributed by atoms with Crippen LogP contribution in [0.1, 0.15) is 44.6 Å². The Labute approximate surface area is 181 Å². The van der Waals surface area contributed by atoms with Gasteiger partial charge in [-0.3, -0.25) is 19.1 Å². The number of piperidine rings is 1. The number of carbonyl (C=O) groups excluding carboxylic acids is 1. The molecule has 5 rings (SSSR count). The van der Waals surface area contributed by atoms with Crippen LogP contribution in [0, 0.1) is 5.41 Å². The summed E-state index contributed by atoms with van der Waals surface area (Å²) in [5.41, 5.74) is 0.344. The molecule has 2 aromatic rings. The predicted octanol–water partition coefficient (Wildman–Crippen LogP) is 1.67. The maximum Gasteiger partial charge on any atom is 0.328 e. The summed E-state index contributed by atoms with van der Waals surface area (Å²) in [4.78, 5) is 41.5. The van der Waals surface area contributed by atoms with Crippen LogP contribution < -0.4 is 16.6 Å². The molecule has 3 heterocycles. The van der Waals surface area contributed by atoms with Crippen molar-refractivity contribution in [1.29, 1.82) is 0 Å². The van der Waals surface area contributed by atoms with Crippen LogP contribution in [0.4, 0.5) is 0 Å². The van der Waals surface area contributed by atoms with Gasteiger partial charge < -0.3 is 10.2 Å². The number of likely N-dealkylation sites (tertiary alicyclic amines) is 1. The Bertz CT molecular complexity index is 1080. The summed E-state index contributed by atoms with van der Waals surface area (Å²) in [6, 6.07) is 12.6. The predicted molar refractivity (Wildman–Crippen MR) is 118 cm³/mol. The first-order valence-corrected chi connectivity index (χ1v) is 11.4. The highest BCUT2D eigenvalue weighted by molar-refractivity contribution is 5.77. The molecule has 7 heteroatoms. The van der Waals surface area contributed by atoms with Crippen LogP contribution in [0.5, 0.6) is 0 Å². The summed E-state index contributed by atoms with van der Waals surface area (Å²) in [7, 11) is 0. The molecule has 0 radical (unpaired) electrons. The van der Waals surface area contributed by atoms with E-state index in [-0.39, 0.29) is 36.0 Å². The van der Waals surface area contributed by atoms with Gasteiger partial charge in [-0.05, 0) is 31.2 Å². The van der Waals surface area contributed by atoms with Gasteiger partial charge in [0.15, 0.2) is 0 Å². The maximum absolute atomic E-state index is 13.6. The maximum atomic E-state index is 13.6. The first-order valence-electron chi connectivity index (χ1n) is 11.4. The van der Waals surface area contributed by atoms with Gasteiger partial charge in [0.2, 0.25) is 5.91 Å². The van der Waals surface area contributed by atoms with Crippen molar-refractivity contribution in [2.75, 3.05) is 0 Å². The third-order valence-electron chi connectivity index (χ3n) is 7.79. The highest BCUT2D eigenvalue weighted by Gasteiger charge is 2.60. The molecule has 0 spiro atoms. The van der Waals surface area contributed by atoms with Crippen LogP contribution in [0.25, 0.3) is 0 Å². The fraction of sp³-hybridized carbons (Fsp3) is 0.542. The number of nitrogens with zero attached hydrogens (tertiary/aromatic N) is 2. The van der Waals surface area contributed by atoms with Crippen LogP contribution in [0.2, 0.25) is 0 Å². The molecule has 1 amide bonds. The molecule has 0 unspecified atom stereocenters. The minimum absolute atomic E-state index is 0.0321. The Morgan fingerprint density at radius 1 is 1.13 bits per heavy atom. The van der Waals surface area contributed by atoms with Crippen LogP contribution in [0.3, 0.4) is 0 Å². The Hall–Kier alpha value is -2.67. The Morgan fingerprint density at radius 2 is 1.90 bits per heavy atom. The van der Waals surface area contributed by atoms with Crippen LogP contribution in [-0.2, 0) is 17.8 Å². The van der Waals surface area contributed by atoms with E-state index in [1.807, 2.05) is 6.07 Å². The highest BCUT2D eigenvalue weighted by atomic mass is 16.2. The number of hydrogen-bond donors (Lipinski definition) is 2. The Balaban J connectivity index is 1.47. The first kappa shape index (κ1) is 20.2. The summed E-state index contributed by atoms with van der Waals surface area (Å²) >= 11 is 0. The van der Waals surface area contributed by atoms with E-state index in [0.717, 1.165) is 32.1 Å². The average Bonchev–Trinajstić information content (AvgIpc) is 2.90. The third-order valence-corrected chi connectivity index (χ3v) is 7.79. The minimum Gasteiger partial charge on any atom is -0.333 e. The molecule has 1 aromatic carbocycles. The monoisotopic (exact) mass is 422 g/mol. The summed E-state index contributed by atoms with van der Waals surface area (Å²) in [6.07, 6.45) is 7.75. The van der Waals surface area contributed by atoms with Crippen molar-refractivity contribution in [1.82, 2.24) is 19.8 Å². The molecule has 31 heavy (non-hydrogen) atoms. The van der Waals surface area contributed by atoms with E-state index in [2.05, 4.69) is 46.4 Å². The van der Waals surface area contributed by atoms with Gasteiger partial charge in [0.1, 0.15) is 6.54 Å². The van der Waals surface area contributed by atoms with Crippen molar-refractivity contribution in [3.05, 3.63) is 69.0 Å². The molecule has 5 atom stereocenters. The number of rotatable bonds is 4. The summed E-state index contributed by atoms with van der Waals surface area (Å²) in [5, 5.41) is 3.93. The quantitative estimate of drug-likeness (QED) is 0.785. The fourth-order valence-corrected chi connectivity index (χ4v) is 6.29. The molecular formula is C24H30N4O3. The number of amides is 1. The lowest BCUT2D eigenvalue weighted by Gasteiger charge is -2.43. The molecule has 1 saturated carbocycles. The van der Waals surface area contributed by atoms with Crippen LogP contribution in [-0.4, -0.2) is 44.5 Å². The number of aromatic nitrogens is 2. The van der Waals surface area contributed by atoms with Crippen molar-refractivity contribution in [3.63, 3.8) is 0 Å². The molecule has 1 aliphatic carbocycles. The normalized spacial score (nSPS) is 32.0. The molecule has 2 N–H and O–H groups in total. The van der Waals surface area contributed by atoms with E-state index in [1.54, 1.807) is 0 Å². The summed E-state index contributed by atoms with van der Waals surface area (Å²) in [5.74, 6) is -0.0321. The molecule has 2 aliphatic heterocycles. The van der Waals surface area contributed by atoms with Gasteiger partial charge in [0, 0.05) is 41.8 Å². The lowest BCUT2D eigenvalue weighted by atomic mass is 9.70.